The fraction of sp³-hybridized carbons (Fsp3) is 0.111. The number of fused-ring (bicyclic) bond motifs is 1. The average molecular weight is 435 g/mol. The zero-order valence-corrected chi connectivity index (χ0v) is 18.5. The Bertz CT molecular complexity index is 1540. The molecular weight excluding hydrogens is 414 g/mol. The normalized spacial score (nSPS) is 11.1. The van der Waals surface area contributed by atoms with Gasteiger partial charge in [0.05, 0.1) is 0 Å². The summed E-state index contributed by atoms with van der Waals surface area (Å²) in [5.74, 6) is 0.0273. The topological polar surface area (TPSA) is 78.0 Å². The molecule has 0 spiro atoms. The van der Waals surface area contributed by atoms with Crippen molar-refractivity contribution in [1.29, 1.82) is 0 Å². The first kappa shape index (κ1) is 20.6. The lowest BCUT2D eigenvalue weighted by atomic mass is 10.1. The molecule has 5 aromatic rings. The highest BCUT2D eigenvalue weighted by atomic mass is 16.4. The Labute approximate surface area is 190 Å². The standard InChI is InChI=1S/C27H21N3O3/c1-16-4-10-19(11-5-16)23-29-25-22(28-24(33-25)20-12-6-17(2)7-13-20)27(32)30(23)26(31)21-14-8-18(3)9-15-21/h4-15H,1-3H3. The van der Waals surface area contributed by atoms with Crippen molar-refractivity contribution in [2.24, 2.45) is 0 Å². The molecule has 2 heterocycles. The third kappa shape index (κ3) is 3.76. The van der Waals surface area contributed by atoms with Crippen molar-refractivity contribution in [3.8, 4) is 22.8 Å². The number of oxazole rings is 1. The first-order chi connectivity index (χ1) is 15.9. The number of carbonyl (C=O) groups is 1. The van der Waals surface area contributed by atoms with Crippen LogP contribution in [0.3, 0.4) is 0 Å². The summed E-state index contributed by atoms with van der Waals surface area (Å²) >= 11 is 0. The molecule has 0 aliphatic heterocycles. The largest absolute Gasteiger partial charge is 0.417 e. The molecule has 6 nitrogen and oxygen atoms in total. The van der Waals surface area contributed by atoms with Gasteiger partial charge in [-0.1, -0.05) is 65.2 Å². The van der Waals surface area contributed by atoms with Gasteiger partial charge in [0.1, 0.15) is 0 Å². The van der Waals surface area contributed by atoms with Crippen LogP contribution in [0.25, 0.3) is 34.1 Å². The number of benzene rings is 3. The molecule has 5 rings (SSSR count). The number of aromatic nitrogens is 3. The van der Waals surface area contributed by atoms with E-state index in [4.69, 9.17) is 4.42 Å². The highest BCUT2D eigenvalue weighted by Crippen LogP contribution is 2.25. The first-order valence-electron chi connectivity index (χ1n) is 10.6. The Morgan fingerprint density at radius 3 is 1.82 bits per heavy atom. The van der Waals surface area contributed by atoms with Crippen LogP contribution >= 0.6 is 0 Å². The number of aryl methyl sites for hydroxylation is 3. The van der Waals surface area contributed by atoms with Crippen LogP contribution in [0.4, 0.5) is 0 Å². The van der Waals surface area contributed by atoms with E-state index in [2.05, 4.69) is 9.97 Å². The van der Waals surface area contributed by atoms with Gasteiger partial charge in [0.2, 0.25) is 5.89 Å². The van der Waals surface area contributed by atoms with Crippen LogP contribution in [0.2, 0.25) is 0 Å². The van der Waals surface area contributed by atoms with Crippen LogP contribution in [0.15, 0.2) is 82.0 Å². The van der Waals surface area contributed by atoms with Crippen molar-refractivity contribution in [2.75, 3.05) is 0 Å². The van der Waals surface area contributed by atoms with Gasteiger partial charge in [-0.2, -0.15) is 4.98 Å². The van der Waals surface area contributed by atoms with Gasteiger partial charge in [-0.25, -0.2) is 9.55 Å². The minimum Gasteiger partial charge on any atom is -0.417 e. The highest BCUT2D eigenvalue weighted by Gasteiger charge is 2.23. The van der Waals surface area contributed by atoms with Gasteiger partial charge >= 0.3 is 0 Å². The molecule has 0 saturated carbocycles. The third-order valence-corrected chi connectivity index (χ3v) is 5.54. The van der Waals surface area contributed by atoms with Gasteiger partial charge in [-0.3, -0.25) is 9.59 Å². The minimum atomic E-state index is -0.566. The molecule has 0 aliphatic carbocycles. The molecule has 2 aromatic heterocycles. The molecule has 0 amide bonds. The number of nitrogens with zero attached hydrogens (tertiary/aromatic N) is 3. The molecule has 0 N–H and O–H groups in total. The van der Waals surface area contributed by atoms with E-state index in [9.17, 15) is 9.59 Å². The molecule has 3 aromatic carbocycles. The number of hydrogen-bond acceptors (Lipinski definition) is 5. The van der Waals surface area contributed by atoms with Crippen LogP contribution in [-0.4, -0.2) is 20.4 Å². The molecule has 6 heteroatoms. The predicted octanol–water partition coefficient (Wildman–Crippen LogP) is 5.33. The summed E-state index contributed by atoms with van der Waals surface area (Å²) in [7, 11) is 0. The fourth-order valence-corrected chi connectivity index (χ4v) is 3.60. The van der Waals surface area contributed by atoms with Gasteiger partial charge in [0.15, 0.2) is 11.3 Å². The number of hydrogen-bond donors (Lipinski definition) is 0. The van der Waals surface area contributed by atoms with E-state index in [-0.39, 0.29) is 22.9 Å². The molecule has 0 saturated heterocycles. The summed E-state index contributed by atoms with van der Waals surface area (Å²) < 4.78 is 6.95. The van der Waals surface area contributed by atoms with Gasteiger partial charge < -0.3 is 4.42 Å². The molecule has 0 aliphatic rings. The zero-order chi connectivity index (χ0) is 23.1. The Morgan fingerprint density at radius 2 is 1.24 bits per heavy atom. The van der Waals surface area contributed by atoms with Crippen LogP contribution < -0.4 is 5.56 Å². The van der Waals surface area contributed by atoms with Crippen LogP contribution in [0.5, 0.6) is 0 Å². The monoisotopic (exact) mass is 435 g/mol. The second-order valence-corrected chi connectivity index (χ2v) is 8.15. The molecule has 0 bridgehead atoms. The number of rotatable bonds is 3. The maximum Gasteiger partial charge on any atom is 0.290 e. The smallest absolute Gasteiger partial charge is 0.290 e. The molecule has 162 valence electrons. The van der Waals surface area contributed by atoms with E-state index < -0.39 is 11.5 Å². The second-order valence-electron chi connectivity index (χ2n) is 8.15. The molecule has 0 radical (unpaired) electrons. The van der Waals surface area contributed by atoms with Gasteiger partial charge in [-0.05, 0) is 45.0 Å². The van der Waals surface area contributed by atoms with E-state index in [0.29, 0.717) is 11.1 Å². The predicted molar refractivity (Wildman–Crippen MR) is 127 cm³/mol. The SMILES string of the molecule is Cc1ccc(C(=O)n2c(-c3ccc(C)cc3)nc3oc(-c4ccc(C)cc4)nc3c2=O)cc1. The van der Waals surface area contributed by atoms with Crippen molar-refractivity contribution < 1.29 is 9.21 Å². The van der Waals surface area contributed by atoms with Crippen molar-refractivity contribution in [3.63, 3.8) is 0 Å². The van der Waals surface area contributed by atoms with Crippen LogP contribution in [-0.2, 0) is 0 Å². The quantitative estimate of drug-likeness (QED) is 0.383. The lowest BCUT2D eigenvalue weighted by Gasteiger charge is -2.11. The van der Waals surface area contributed by atoms with Gasteiger partial charge in [0, 0.05) is 16.7 Å². The lowest BCUT2D eigenvalue weighted by Crippen LogP contribution is -2.30. The lowest BCUT2D eigenvalue weighted by molar-refractivity contribution is 0.0957. The second kappa shape index (κ2) is 7.98. The molecule has 0 unspecified atom stereocenters. The van der Waals surface area contributed by atoms with Crippen LogP contribution in [0.1, 0.15) is 27.0 Å². The van der Waals surface area contributed by atoms with Crippen LogP contribution in [0, 0.1) is 20.8 Å². The summed E-state index contributed by atoms with van der Waals surface area (Å²) in [6, 6.07) is 22.2. The Balaban J connectivity index is 1.76. The summed E-state index contributed by atoms with van der Waals surface area (Å²) in [6.45, 7) is 5.89. The maximum absolute atomic E-state index is 13.5. The van der Waals surface area contributed by atoms with E-state index >= 15 is 0 Å². The highest BCUT2D eigenvalue weighted by molar-refractivity contribution is 5.99. The van der Waals surface area contributed by atoms with E-state index in [1.807, 2.05) is 81.4 Å². The van der Waals surface area contributed by atoms with Crippen molar-refractivity contribution in [1.82, 2.24) is 14.5 Å². The summed E-state index contributed by atoms with van der Waals surface area (Å²) in [4.78, 5) is 36.0. The average Bonchev–Trinajstić information content (AvgIpc) is 3.25. The van der Waals surface area contributed by atoms with E-state index in [1.54, 1.807) is 12.1 Å². The van der Waals surface area contributed by atoms with Gasteiger partial charge in [0.25, 0.3) is 17.2 Å². The maximum atomic E-state index is 13.5. The Kier molecular flexibility index (Phi) is 4.98. The van der Waals surface area contributed by atoms with Gasteiger partial charge in [-0.15, -0.1) is 0 Å². The van der Waals surface area contributed by atoms with Crippen molar-refractivity contribution in [2.45, 2.75) is 20.8 Å². The van der Waals surface area contributed by atoms with E-state index in [0.717, 1.165) is 26.8 Å². The molecule has 0 atom stereocenters. The number of carbonyl (C=O) groups excluding carboxylic acids is 1. The Morgan fingerprint density at radius 1 is 0.727 bits per heavy atom. The van der Waals surface area contributed by atoms with E-state index in [1.165, 1.54) is 0 Å². The minimum absolute atomic E-state index is 0.0156. The summed E-state index contributed by atoms with van der Waals surface area (Å²) in [5.41, 5.74) is 4.47. The molecule has 0 fully saturated rings. The van der Waals surface area contributed by atoms with Crippen molar-refractivity contribution in [3.05, 3.63) is 105 Å². The summed E-state index contributed by atoms with van der Waals surface area (Å²) in [6.07, 6.45) is 0. The zero-order valence-electron chi connectivity index (χ0n) is 18.5. The first-order valence-corrected chi connectivity index (χ1v) is 10.6. The molecular formula is C27H21N3O3. The summed E-state index contributed by atoms with van der Waals surface area (Å²) in [5, 5.41) is 0. The Hall–Kier alpha value is -4.32. The third-order valence-electron chi connectivity index (χ3n) is 5.54. The fourth-order valence-electron chi connectivity index (χ4n) is 3.60. The molecule has 33 heavy (non-hydrogen) atoms. The van der Waals surface area contributed by atoms with Crippen molar-refractivity contribution >= 4 is 17.1 Å².